The van der Waals surface area contributed by atoms with Gasteiger partial charge in [-0.1, -0.05) is 20.4 Å². The Bertz CT molecular complexity index is 3880. The van der Waals surface area contributed by atoms with Crippen LogP contribution < -0.4 is 40.9 Å². The molecule has 12 heterocycles. The lowest BCUT2D eigenvalue weighted by Crippen LogP contribution is -2.54. The number of benzene rings is 4. The van der Waals surface area contributed by atoms with Crippen LogP contribution in [-0.4, -0.2) is 223 Å². The number of allylic oxidation sites excluding steroid dienone is 1. The van der Waals surface area contributed by atoms with E-state index in [1.807, 2.05) is 36.4 Å². The van der Waals surface area contributed by atoms with Gasteiger partial charge < -0.3 is 44.5 Å². The van der Waals surface area contributed by atoms with E-state index >= 15 is 0 Å². The lowest BCUT2D eigenvalue weighted by atomic mass is 9.98. The molecule has 12 aliphatic heterocycles. The van der Waals surface area contributed by atoms with Crippen molar-refractivity contribution >= 4 is 99.5 Å². The Labute approximate surface area is 591 Å². The Balaban J connectivity index is 0.000000121. The molecule has 12 aliphatic rings. The van der Waals surface area contributed by atoms with Crippen LogP contribution in [0.1, 0.15) is 164 Å². The number of nitrogens with one attached hydrogen (secondary N) is 4. The van der Waals surface area contributed by atoms with Crippen LogP contribution in [0.3, 0.4) is 0 Å². The Hall–Kier alpha value is -10.2. The molecule has 27 nitrogen and oxygen atoms in total. The number of imide groups is 5. The topological polar surface area (TPSA) is 302 Å². The first-order valence-electron chi connectivity index (χ1n) is 35.7. The quantitative estimate of drug-likeness (QED) is 0.181. The maximum Gasteiger partial charge on any atom is 0.262 e. The molecule has 0 aromatic heterocycles. The maximum atomic E-state index is 12.8. The number of nitrogens with zero attached hydrogens (tertiary/aromatic N) is 10. The summed E-state index contributed by atoms with van der Waals surface area (Å²) in [4.78, 5) is 178. The van der Waals surface area contributed by atoms with Gasteiger partial charge in [-0.3, -0.25) is 88.1 Å². The van der Waals surface area contributed by atoms with Crippen LogP contribution in [-0.2, 0) is 46.7 Å². The van der Waals surface area contributed by atoms with Gasteiger partial charge in [-0.15, -0.1) is 0 Å². The first-order chi connectivity index (χ1) is 49.0. The third kappa shape index (κ3) is 14.4. The van der Waals surface area contributed by atoms with E-state index in [1.165, 1.54) is 18.5 Å². The van der Waals surface area contributed by atoms with Crippen molar-refractivity contribution in [2.75, 3.05) is 112 Å². The van der Waals surface area contributed by atoms with Gasteiger partial charge in [-0.2, -0.15) is 0 Å². The molecule has 8 fully saturated rings. The van der Waals surface area contributed by atoms with E-state index in [-0.39, 0.29) is 73.5 Å². The number of anilines is 4. The summed E-state index contributed by atoms with van der Waals surface area (Å²) in [6, 6.07) is 19.9. The minimum Gasteiger partial charge on any atom is -0.372 e. The summed E-state index contributed by atoms with van der Waals surface area (Å²) < 4.78 is 0. The molecule has 0 spiro atoms. The van der Waals surface area contributed by atoms with Crippen molar-refractivity contribution in [3.63, 3.8) is 0 Å². The molecule has 0 saturated carbocycles. The van der Waals surface area contributed by atoms with Crippen LogP contribution in [0.25, 0.3) is 0 Å². The molecule has 4 atom stereocenters. The third-order valence-electron chi connectivity index (χ3n) is 22.0. The van der Waals surface area contributed by atoms with E-state index in [0.29, 0.717) is 59.7 Å². The highest BCUT2D eigenvalue weighted by Crippen LogP contribution is 2.37. The first-order valence-corrected chi connectivity index (χ1v) is 35.7. The van der Waals surface area contributed by atoms with Crippen molar-refractivity contribution < 1.29 is 62.3 Å². The van der Waals surface area contributed by atoms with Crippen LogP contribution in [0.15, 0.2) is 85.1 Å². The SMILES string of the molecule is C=C1CCC(N2Cc3cc(N4CCN(C)CC4)ccc3C2=O)C(=O)N1.CC1CCN(c2ccc3c(c2)C(=O)N(C2CCC(=O)NC2=O)C3=O)CC1.CC1CCN(c2ccc3c(c2)CN(C2CCC(=O)NC2=O)C3=O)CC1.CN1CCN(c2ccc3c(c2)C(=O)N(C2CCC(=O)NC2=O)C3=O)CC1. The number of rotatable bonds is 8. The molecule has 536 valence electrons. The number of piperazine rings is 2. The Morgan fingerprint density at radius 1 is 0.324 bits per heavy atom. The number of hydrogen-bond donors (Lipinski definition) is 4. The minimum absolute atomic E-state index is 0.0346. The molecule has 4 aromatic rings. The highest BCUT2D eigenvalue weighted by atomic mass is 16.2. The van der Waals surface area contributed by atoms with Gasteiger partial charge in [0.25, 0.3) is 35.4 Å². The summed E-state index contributed by atoms with van der Waals surface area (Å²) in [7, 11) is 4.21. The normalized spacial score (nSPS) is 24.3. The summed E-state index contributed by atoms with van der Waals surface area (Å²) in [5.74, 6) is -3.16. The highest BCUT2D eigenvalue weighted by molar-refractivity contribution is 6.25. The van der Waals surface area contributed by atoms with E-state index in [1.54, 1.807) is 34.1 Å². The highest BCUT2D eigenvalue weighted by Gasteiger charge is 2.48. The van der Waals surface area contributed by atoms with Crippen molar-refractivity contribution in [2.24, 2.45) is 11.8 Å². The molecule has 4 aromatic carbocycles. The van der Waals surface area contributed by atoms with Crippen molar-refractivity contribution in [3.05, 3.63) is 130 Å². The van der Waals surface area contributed by atoms with Crippen LogP contribution >= 0.6 is 0 Å². The zero-order chi connectivity index (χ0) is 71.9. The van der Waals surface area contributed by atoms with Gasteiger partial charge in [0, 0.05) is 150 Å². The average molecular weight is 1390 g/mol. The standard InChI is InChI=1S/C19H24N4O2.C19H21N3O4.C19H23N3O3.C18H20N4O4/c1-13-3-6-17(18(24)20-13)23-12-14-11-15(4-5-16(14)19(23)25)22-9-7-21(2)8-10-22;1-11-6-8-21(9-7-11)12-2-3-13-14(10-12)19(26)22(18(13)25)15-4-5-16(23)20-17(15)24;1-12-6-8-21(9-7-12)14-2-3-15-13(10-14)11-22(19(15)25)16-4-5-17(23)20-18(16)24;1-20-6-8-21(9-7-20)11-2-3-12-13(10-11)18(26)22(17(12)25)14-4-5-15(23)19-16(14)24/h4-5,11,17H,1,3,6-10,12H2,2H3,(H,20,24);2-3,10-11,15H,4-9H2,1H3,(H,20,23,24);2-3,10,12,16H,4-9,11H2,1H3,(H,20,23,24);2-3,10,14H,4-9H2,1H3,(H,19,23,24). The Morgan fingerprint density at radius 2 is 0.627 bits per heavy atom. The van der Waals surface area contributed by atoms with Crippen LogP contribution in [0.4, 0.5) is 22.7 Å². The van der Waals surface area contributed by atoms with E-state index in [2.05, 4.69) is 97.3 Å². The molecule has 13 amide bonds. The van der Waals surface area contributed by atoms with E-state index < -0.39 is 59.6 Å². The van der Waals surface area contributed by atoms with Gasteiger partial charge in [0.2, 0.25) is 41.4 Å². The summed E-state index contributed by atoms with van der Waals surface area (Å²) >= 11 is 0. The fourth-order valence-electron chi connectivity index (χ4n) is 15.6. The predicted molar refractivity (Wildman–Crippen MR) is 376 cm³/mol. The van der Waals surface area contributed by atoms with Gasteiger partial charge in [-0.25, -0.2) is 0 Å². The number of carbonyl (C=O) groups is 13. The van der Waals surface area contributed by atoms with Crippen molar-refractivity contribution in [1.29, 1.82) is 0 Å². The van der Waals surface area contributed by atoms with Gasteiger partial charge >= 0.3 is 0 Å². The Morgan fingerprint density at radius 3 is 0.980 bits per heavy atom. The van der Waals surface area contributed by atoms with E-state index in [0.717, 1.165) is 153 Å². The number of hydrogen-bond acceptors (Lipinski definition) is 19. The minimum atomic E-state index is -0.924. The second-order valence-electron chi connectivity index (χ2n) is 28.9. The summed E-state index contributed by atoms with van der Waals surface area (Å²) in [6.07, 6.45) is 7.25. The monoisotopic (exact) mass is 1390 g/mol. The molecule has 27 heteroatoms. The Kier molecular flexibility index (Phi) is 20.3. The zero-order valence-electron chi connectivity index (χ0n) is 58.3. The van der Waals surface area contributed by atoms with Gasteiger partial charge in [0.1, 0.15) is 24.2 Å². The number of fused-ring (bicyclic) bond motifs is 4. The molecule has 102 heavy (non-hydrogen) atoms. The second-order valence-corrected chi connectivity index (χ2v) is 28.9. The molecular weight excluding hydrogens is 1300 g/mol. The number of likely N-dealkylation sites (N-methyl/N-ethyl adjacent to an activating group) is 2. The fraction of sp³-hybridized carbons (Fsp3) is 0.480. The van der Waals surface area contributed by atoms with E-state index in [4.69, 9.17) is 0 Å². The average Bonchev–Trinajstić information content (AvgIpc) is 1.62. The molecule has 8 saturated heterocycles. The fourth-order valence-corrected chi connectivity index (χ4v) is 15.6. The molecule has 0 radical (unpaired) electrons. The molecule has 16 rings (SSSR count). The van der Waals surface area contributed by atoms with Crippen LogP contribution in [0, 0.1) is 11.8 Å². The van der Waals surface area contributed by atoms with Crippen LogP contribution in [0.2, 0.25) is 0 Å². The molecule has 0 bridgehead atoms. The summed E-state index contributed by atoms with van der Waals surface area (Å²) in [5.41, 5.74) is 9.64. The second kappa shape index (κ2) is 29.4. The summed E-state index contributed by atoms with van der Waals surface area (Å²) in [6.45, 7) is 20.9. The molecule has 0 aliphatic carbocycles. The lowest BCUT2D eigenvalue weighted by molar-refractivity contribution is -0.138. The number of carbonyl (C=O) groups excluding carboxylic acids is 13. The van der Waals surface area contributed by atoms with Gasteiger partial charge in [0.05, 0.1) is 22.3 Å². The molecule has 4 unspecified atom stereocenters. The third-order valence-corrected chi connectivity index (χ3v) is 22.0. The van der Waals surface area contributed by atoms with Gasteiger partial charge in [0.15, 0.2) is 0 Å². The number of piperidine rings is 6. The molecular formula is C75H88N14O13. The zero-order valence-corrected chi connectivity index (χ0v) is 58.3. The van der Waals surface area contributed by atoms with Crippen molar-refractivity contribution in [1.82, 2.24) is 50.7 Å². The smallest absolute Gasteiger partial charge is 0.262 e. The first kappa shape index (κ1) is 70.3. The largest absolute Gasteiger partial charge is 0.372 e. The van der Waals surface area contributed by atoms with E-state index in [9.17, 15) is 62.3 Å². The summed E-state index contributed by atoms with van der Waals surface area (Å²) in [5, 5.41) is 9.54. The molecule has 4 N–H and O–H groups in total. The van der Waals surface area contributed by atoms with Gasteiger partial charge in [-0.05, 0) is 168 Å². The number of amides is 13. The maximum absolute atomic E-state index is 12.8. The van der Waals surface area contributed by atoms with Crippen LogP contribution in [0.5, 0.6) is 0 Å². The predicted octanol–water partition coefficient (Wildman–Crippen LogP) is 4.03. The lowest BCUT2D eigenvalue weighted by Gasteiger charge is -2.34. The van der Waals surface area contributed by atoms with Crippen molar-refractivity contribution in [2.45, 2.75) is 128 Å². The van der Waals surface area contributed by atoms with Crippen molar-refractivity contribution in [3.8, 4) is 0 Å².